The van der Waals surface area contributed by atoms with Gasteiger partial charge in [0.05, 0.1) is 13.2 Å². The number of ether oxygens (including phenoxy) is 1. The summed E-state index contributed by atoms with van der Waals surface area (Å²) in [5.41, 5.74) is 0.421. The number of rotatable bonds is 3. The molecule has 2 aliphatic rings. The van der Waals surface area contributed by atoms with Crippen LogP contribution in [-0.2, 0) is 16.1 Å². The molecule has 0 aromatic carbocycles. The van der Waals surface area contributed by atoms with E-state index < -0.39 is 5.60 Å². The molecule has 7 heteroatoms. The van der Waals surface area contributed by atoms with E-state index in [9.17, 15) is 9.59 Å². The highest BCUT2D eigenvalue weighted by atomic mass is 32.1. The Morgan fingerprint density at radius 3 is 2.96 bits per heavy atom. The highest BCUT2D eigenvalue weighted by Gasteiger charge is 2.44. The molecular formula is C17H22N2O4S. The number of amides is 2. The molecule has 24 heavy (non-hydrogen) atoms. The molecule has 0 bridgehead atoms. The van der Waals surface area contributed by atoms with Gasteiger partial charge in [0, 0.05) is 37.5 Å². The Morgan fingerprint density at radius 2 is 2.29 bits per heavy atom. The standard InChI is InChI=1S/C17H22N2O4S/c1-18-12-17(23-16(18)22)5-2-7-19(8-6-17)15(21)4-3-14-9-13(10-20)11-24-14/h3-4,9,11,20H,2,5-8,10,12H2,1H3/b4-3+. The molecule has 2 aliphatic heterocycles. The summed E-state index contributed by atoms with van der Waals surface area (Å²) in [6.45, 7) is 1.89. The number of likely N-dealkylation sites (tertiary alicyclic amines) is 1. The summed E-state index contributed by atoms with van der Waals surface area (Å²) in [5.74, 6) is -0.0244. The van der Waals surface area contributed by atoms with Crippen LogP contribution in [0.4, 0.5) is 4.79 Å². The maximum absolute atomic E-state index is 12.4. The highest BCUT2D eigenvalue weighted by Crippen LogP contribution is 2.32. The van der Waals surface area contributed by atoms with Crippen molar-refractivity contribution in [3.8, 4) is 0 Å². The Hall–Kier alpha value is -1.86. The van der Waals surface area contributed by atoms with E-state index in [1.807, 2.05) is 16.3 Å². The topological polar surface area (TPSA) is 70.1 Å². The molecule has 2 amide bonds. The molecule has 3 heterocycles. The molecule has 0 saturated carbocycles. The summed E-state index contributed by atoms with van der Waals surface area (Å²) >= 11 is 1.50. The quantitative estimate of drug-likeness (QED) is 0.848. The van der Waals surface area contributed by atoms with E-state index in [1.165, 1.54) is 11.3 Å². The van der Waals surface area contributed by atoms with Crippen LogP contribution >= 0.6 is 11.3 Å². The number of nitrogens with zero attached hydrogens (tertiary/aromatic N) is 2. The van der Waals surface area contributed by atoms with Crippen molar-refractivity contribution in [3.05, 3.63) is 28.0 Å². The Morgan fingerprint density at radius 1 is 1.46 bits per heavy atom. The second-order valence-electron chi connectivity index (χ2n) is 6.43. The van der Waals surface area contributed by atoms with Gasteiger partial charge in [-0.3, -0.25) is 4.79 Å². The number of thiophene rings is 1. The number of carbonyl (C=O) groups excluding carboxylic acids is 2. The van der Waals surface area contributed by atoms with Crippen LogP contribution in [0.25, 0.3) is 6.08 Å². The van der Waals surface area contributed by atoms with Gasteiger partial charge in [0.1, 0.15) is 5.60 Å². The van der Waals surface area contributed by atoms with Gasteiger partial charge >= 0.3 is 6.09 Å². The smallest absolute Gasteiger partial charge is 0.410 e. The average Bonchev–Trinajstić information content (AvgIpc) is 3.06. The normalized spacial score (nSPS) is 24.7. The maximum atomic E-state index is 12.4. The molecule has 0 aliphatic carbocycles. The van der Waals surface area contributed by atoms with E-state index in [1.54, 1.807) is 24.1 Å². The van der Waals surface area contributed by atoms with Crippen LogP contribution in [0.2, 0.25) is 0 Å². The number of carbonyl (C=O) groups is 2. The van der Waals surface area contributed by atoms with Gasteiger partial charge in [-0.2, -0.15) is 0 Å². The molecule has 130 valence electrons. The SMILES string of the molecule is CN1CC2(CCCN(C(=O)/C=C/c3cc(CO)cs3)CC2)OC1=O. The summed E-state index contributed by atoms with van der Waals surface area (Å²) in [4.78, 5) is 28.4. The van der Waals surface area contributed by atoms with Crippen LogP contribution < -0.4 is 0 Å². The summed E-state index contributed by atoms with van der Waals surface area (Å²) < 4.78 is 5.56. The zero-order chi connectivity index (χ0) is 17.2. The second kappa shape index (κ2) is 6.94. The first-order valence-electron chi connectivity index (χ1n) is 8.11. The molecule has 1 unspecified atom stereocenters. The van der Waals surface area contributed by atoms with E-state index >= 15 is 0 Å². The minimum Gasteiger partial charge on any atom is -0.441 e. The molecule has 3 rings (SSSR count). The molecule has 6 nitrogen and oxygen atoms in total. The molecule has 1 N–H and O–H groups in total. The second-order valence-corrected chi connectivity index (χ2v) is 7.38. The van der Waals surface area contributed by atoms with Crippen molar-refractivity contribution >= 4 is 29.4 Å². The van der Waals surface area contributed by atoms with Crippen LogP contribution in [0.5, 0.6) is 0 Å². The molecule has 1 aromatic heterocycles. The summed E-state index contributed by atoms with van der Waals surface area (Å²) in [7, 11) is 1.75. The van der Waals surface area contributed by atoms with Crippen molar-refractivity contribution in [2.24, 2.45) is 0 Å². The largest absolute Gasteiger partial charge is 0.441 e. The van der Waals surface area contributed by atoms with Gasteiger partial charge in [0.2, 0.25) is 5.91 Å². The molecule has 1 atom stereocenters. The summed E-state index contributed by atoms with van der Waals surface area (Å²) in [6.07, 6.45) is 5.40. The Bertz CT molecular complexity index is 657. The molecular weight excluding hydrogens is 328 g/mol. The lowest BCUT2D eigenvalue weighted by Gasteiger charge is -2.25. The van der Waals surface area contributed by atoms with Gasteiger partial charge in [-0.05, 0) is 35.9 Å². The molecule has 2 fully saturated rings. The molecule has 1 aromatic rings. The number of aliphatic hydroxyl groups excluding tert-OH is 1. The van der Waals surface area contributed by atoms with E-state index in [2.05, 4.69) is 0 Å². The summed E-state index contributed by atoms with van der Waals surface area (Å²) in [5, 5.41) is 10.9. The predicted octanol–water partition coefficient (Wildman–Crippen LogP) is 2.09. The van der Waals surface area contributed by atoms with Crippen molar-refractivity contribution in [3.63, 3.8) is 0 Å². The number of aliphatic hydroxyl groups is 1. The minimum absolute atomic E-state index is 0.0136. The van der Waals surface area contributed by atoms with E-state index in [0.717, 1.165) is 23.3 Å². The lowest BCUT2D eigenvalue weighted by atomic mass is 9.95. The Balaban J connectivity index is 1.59. The van der Waals surface area contributed by atoms with Gasteiger partial charge in [-0.1, -0.05) is 0 Å². The third-order valence-corrected chi connectivity index (χ3v) is 5.54. The van der Waals surface area contributed by atoms with Gasteiger partial charge < -0.3 is 19.6 Å². The maximum Gasteiger partial charge on any atom is 0.410 e. The first-order chi connectivity index (χ1) is 11.5. The van der Waals surface area contributed by atoms with E-state index in [-0.39, 0.29) is 18.6 Å². The molecule has 1 spiro atoms. The third kappa shape index (κ3) is 3.62. The zero-order valence-electron chi connectivity index (χ0n) is 13.7. The van der Waals surface area contributed by atoms with Crippen molar-refractivity contribution in [2.45, 2.75) is 31.5 Å². The van der Waals surface area contributed by atoms with Gasteiger partial charge in [-0.15, -0.1) is 11.3 Å². The fourth-order valence-corrected chi connectivity index (χ4v) is 4.06. The monoisotopic (exact) mass is 350 g/mol. The van der Waals surface area contributed by atoms with Crippen LogP contribution in [0.3, 0.4) is 0 Å². The predicted molar refractivity (Wildman–Crippen MR) is 91.5 cm³/mol. The molecule has 2 saturated heterocycles. The van der Waals surface area contributed by atoms with Crippen molar-refractivity contribution in [1.29, 1.82) is 0 Å². The Kier molecular flexibility index (Phi) is 4.91. The fraction of sp³-hybridized carbons (Fsp3) is 0.529. The van der Waals surface area contributed by atoms with Crippen LogP contribution in [0.1, 0.15) is 29.7 Å². The first kappa shape index (κ1) is 17.0. The van der Waals surface area contributed by atoms with E-state index in [0.29, 0.717) is 26.1 Å². The van der Waals surface area contributed by atoms with Crippen molar-refractivity contribution in [1.82, 2.24) is 9.80 Å². The van der Waals surface area contributed by atoms with Crippen LogP contribution in [0, 0.1) is 0 Å². The van der Waals surface area contributed by atoms with Crippen LogP contribution in [0.15, 0.2) is 17.5 Å². The van der Waals surface area contributed by atoms with Gasteiger partial charge in [0.25, 0.3) is 0 Å². The third-order valence-electron chi connectivity index (χ3n) is 4.60. The van der Waals surface area contributed by atoms with Gasteiger partial charge in [0.15, 0.2) is 0 Å². The highest BCUT2D eigenvalue weighted by molar-refractivity contribution is 7.11. The van der Waals surface area contributed by atoms with Crippen molar-refractivity contribution in [2.75, 3.05) is 26.7 Å². The average molecular weight is 350 g/mol. The van der Waals surface area contributed by atoms with Gasteiger partial charge in [-0.25, -0.2) is 4.79 Å². The Labute approximate surface area is 145 Å². The van der Waals surface area contributed by atoms with E-state index in [4.69, 9.17) is 9.84 Å². The minimum atomic E-state index is -0.436. The number of hydrogen-bond acceptors (Lipinski definition) is 5. The zero-order valence-corrected chi connectivity index (χ0v) is 14.6. The number of likely N-dealkylation sites (N-methyl/N-ethyl adjacent to an activating group) is 1. The lowest BCUT2D eigenvalue weighted by Crippen LogP contribution is -2.36. The fourth-order valence-electron chi connectivity index (χ4n) is 3.26. The summed E-state index contributed by atoms with van der Waals surface area (Å²) in [6, 6.07) is 1.87. The number of hydrogen-bond donors (Lipinski definition) is 1. The first-order valence-corrected chi connectivity index (χ1v) is 8.99. The van der Waals surface area contributed by atoms with Crippen molar-refractivity contribution < 1.29 is 19.4 Å². The van der Waals surface area contributed by atoms with Crippen LogP contribution in [-0.4, -0.2) is 59.2 Å². The molecule has 0 radical (unpaired) electrons. The lowest BCUT2D eigenvalue weighted by molar-refractivity contribution is -0.126.